The van der Waals surface area contributed by atoms with Gasteiger partial charge < -0.3 is 15.5 Å². The topological polar surface area (TPSA) is 30.5 Å². The molecule has 1 fully saturated rings. The lowest BCUT2D eigenvalue weighted by atomic mass is 10.2. The second-order valence-electron chi connectivity index (χ2n) is 4.80. The minimum Gasteiger partial charge on any atom is -0.314 e. The van der Waals surface area contributed by atoms with Gasteiger partial charge in [-0.05, 0) is 14.1 Å². The van der Waals surface area contributed by atoms with Gasteiger partial charge in [-0.25, -0.2) is 0 Å². The first kappa shape index (κ1) is 15.7. The fraction of sp³-hybridized carbons (Fsp3) is 1.00. The van der Waals surface area contributed by atoms with Crippen LogP contribution in [0.4, 0.5) is 13.2 Å². The minimum atomic E-state index is -4.18. The molecule has 0 aliphatic carbocycles. The monoisotopic (exact) mass is 268 g/mol. The largest absolute Gasteiger partial charge is 0.405 e. The fourth-order valence-electron chi connectivity index (χ4n) is 1.93. The van der Waals surface area contributed by atoms with Crippen molar-refractivity contribution in [3.8, 4) is 0 Å². The van der Waals surface area contributed by atoms with Crippen molar-refractivity contribution in [3.63, 3.8) is 0 Å². The molecule has 0 aromatic carbocycles. The van der Waals surface area contributed by atoms with Crippen molar-refractivity contribution in [3.05, 3.63) is 0 Å². The van der Waals surface area contributed by atoms with E-state index in [1.165, 1.54) is 11.9 Å². The zero-order valence-electron chi connectivity index (χ0n) is 11.1. The molecule has 0 aromatic rings. The second kappa shape index (κ2) is 7.28. The van der Waals surface area contributed by atoms with Gasteiger partial charge in [-0.15, -0.1) is 0 Å². The third kappa shape index (κ3) is 5.51. The predicted molar refractivity (Wildman–Crippen MR) is 65.7 cm³/mol. The van der Waals surface area contributed by atoms with E-state index in [4.69, 9.17) is 0 Å². The lowest BCUT2D eigenvalue weighted by molar-refractivity contribution is -0.179. The molecule has 0 aromatic heterocycles. The Morgan fingerprint density at radius 1 is 0.944 bits per heavy atom. The van der Waals surface area contributed by atoms with Crippen molar-refractivity contribution in [2.75, 3.05) is 59.9 Å². The molecule has 0 radical (unpaired) electrons. The Bertz CT molecular complexity index is 235. The highest BCUT2D eigenvalue weighted by Crippen LogP contribution is 2.23. The highest BCUT2D eigenvalue weighted by Gasteiger charge is 2.41. The van der Waals surface area contributed by atoms with Crippen LogP contribution < -0.4 is 10.6 Å². The highest BCUT2D eigenvalue weighted by molar-refractivity contribution is 4.80. The van der Waals surface area contributed by atoms with E-state index in [1.807, 2.05) is 11.9 Å². The van der Waals surface area contributed by atoms with Gasteiger partial charge in [-0.1, -0.05) is 0 Å². The molecule has 7 heteroatoms. The molecular formula is C11H23F3N4. The van der Waals surface area contributed by atoms with Crippen LogP contribution in [0.15, 0.2) is 0 Å². The van der Waals surface area contributed by atoms with Crippen LogP contribution in [0.5, 0.6) is 0 Å². The summed E-state index contributed by atoms with van der Waals surface area (Å²) in [5, 5.41) is 6.06. The molecule has 1 atom stereocenters. The van der Waals surface area contributed by atoms with Crippen molar-refractivity contribution in [1.82, 2.24) is 20.4 Å². The molecule has 0 saturated carbocycles. The summed E-state index contributed by atoms with van der Waals surface area (Å²) in [6, 6.07) is -1.41. The highest BCUT2D eigenvalue weighted by atomic mass is 19.4. The average molecular weight is 268 g/mol. The fourth-order valence-corrected chi connectivity index (χ4v) is 1.93. The maximum atomic E-state index is 12.9. The minimum absolute atomic E-state index is 0.0502. The molecule has 1 rings (SSSR count). The molecule has 0 bridgehead atoms. The molecule has 1 aliphatic rings. The van der Waals surface area contributed by atoms with Crippen LogP contribution in [0.1, 0.15) is 0 Å². The van der Waals surface area contributed by atoms with Crippen LogP contribution in [0.2, 0.25) is 0 Å². The number of nitrogens with one attached hydrogen (secondary N) is 2. The summed E-state index contributed by atoms with van der Waals surface area (Å²) in [4.78, 5) is 3.44. The van der Waals surface area contributed by atoms with E-state index >= 15 is 0 Å². The van der Waals surface area contributed by atoms with E-state index < -0.39 is 12.2 Å². The number of hydrogen-bond acceptors (Lipinski definition) is 4. The Morgan fingerprint density at radius 2 is 1.61 bits per heavy atom. The van der Waals surface area contributed by atoms with Crippen molar-refractivity contribution in [2.24, 2.45) is 0 Å². The van der Waals surface area contributed by atoms with Gasteiger partial charge in [-0.2, -0.15) is 13.2 Å². The number of halogens is 3. The van der Waals surface area contributed by atoms with Crippen LogP contribution >= 0.6 is 0 Å². The predicted octanol–water partition coefficient (Wildman–Crippen LogP) is -0.0263. The summed E-state index contributed by atoms with van der Waals surface area (Å²) in [6.45, 7) is 3.99. The summed E-state index contributed by atoms with van der Waals surface area (Å²) < 4.78 is 38.7. The normalized spacial score (nSPS) is 27.5. The zero-order valence-corrected chi connectivity index (χ0v) is 11.1. The van der Waals surface area contributed by atoms with E-state index in [-0.39, 0.29) is 6.54 Å². The van der Waals surface area contributed by atoms with E-state index in [1.54, 1.807) is 0 Å². The lowest BCUT2D eigenvalue weighted by Crippen LogP contribution is -2.52. The Morgan fingerprint density at radius 3 is 2.28 bits per heavy atom. The van der Waals surface area contributed by atoms with Gasteiger partial charge in [-0.3, -0.25) is 4.90 Å². The smallest absolute Gasteiger partial charge is 0.314 e. The Balaban J connectivity index is 2.58. The van der Waals surface area contributed by atoms with Gasteiger partial charge in [0.1, 0.15) is 6.04 Å². The first-order chi connectivity index (χ1) is 8.41. The SMILES string of the molecule is CN1CCNCCNCC(C(F)(F)F)N(C)CC1. The molecule has 1 aliphatic heterocycles. The molecule has 2 N–H and O–H groups in total. The summed E-state index contributed by atoms with van der Waals surface area (Å²) in [5.74, 6) is 0. The van der Waals surface area contributed by atoms with Crippen LogP contribution in [0, 0.1) is 0 Å². The maximum absolute atomic E-state index is 12.9. The van der Waals surface area contributed by atoms with Crippen LogP contribution in [-0.2, 0) is 0 Å². The zero-order chi connectivity index (χ0) is 13.6. The van der Waals surface area contributed by atoms with E-state index in [0.717, 1.165) is 13.1 Å². The maximum Gasteiger partial charge on any atom is 0.405 e. The lowest BCUT2D eigenvalue weighted by Gasteiger charge is -2.32. The van der Waals surface area contributed by atoms with E-state index in [9.17, 15) is 13.2 Å². The average Bonchev–Trinajstić information content (AvgIpc) is 2.26. The number of hydrogen-bond donors (Lipinski definition) is 2. The van der Waals surface area contributed by atoms with E-state index in [0.29, 0.717) is 26.2 Å². The van der Waals surface area contributed by atoms with Crippen LogP contribution in [0.25, 0.3) is 0 Å². The van der Waals surface area contributed by atoms with Gasteiger partial charge in [0.2, 0.25) is 0 Å². The summed E-state index contributed by atoms with van der Waals surface area (Å²) in [7, 11) is 3.47. The van der Waals surface area contributed by atoms with E-state index in [2.05, 4.69) is 10.6 Å². The summed E-state index contributed by atoms with van der Waals surface area (Å²) >= 11 is 0. The Kier molecular flexibility index (Phi) is 6.34. The number of alkyl halides is 3. The first-order valence-corrected chi connectivity index (χ1v) is 6.28. The molecule has 0 amide bonds. The standard InChI is InChI=1S/C11H23F3N4/c1-17-6-5-15-3-4-16-9-10(11(12,13)14)18(2)8-7-17/h10,15-16H,3-9H2,1-2H3. The molecule has 18 heavy (non-hydrogen) atoms. The Labute approximate surface area is 106 Å². The molecule has 1 heterocycles. The van der Waals surface area contributed by atoms with Gasteiger partial charge in [0.25, 0.3) is 0 Å². The molecule has 4 nitrogen and oxygen atoms in total. The van der Waals surface area contributed by atoms with Crippen molar-refractivity contribution < 1.29 is 13.2 Å². The van der Waals surface area contributed by atoms with Gasteiger partial charge >= 0.3 is 6.18 Å². The van der Waals surface area contributed by atoms with Crippen molar-refractivity contribution in [2.45, 2.75) is 12.2 Å². The van der Waals surface area contributed by atoms with Crippen molar-refractivity contribution in [1.29, 1.82) is 0 Å². The summed E-state index contributed by atoms with van der Waals surface area (Å²) in [5.41, 5.74) is 0. The molecule has 0 spiro atoms. The molecular weight excluding hydrogens is 245 g/mol. The van der Waals surface area contributed by atoms with Crippen LogP contribution in [-0.4, -0.2) is 81.9 Å². The third-order valence-electron chi connectivity index (χ3n) is 3.23. The number of likely N-dealkylation sites (N-methyl/N-ethyl adjacent to an activating group) is 2. The number of nitrogens with zero attached hydrogens (tertiary/aromatic N) is 2. The Hall–Kier alpha value is -0.370. The molecule has 108 valence electrons. The second-order valence-corrected chi connectivity index (χ2v) is 4.80. The molecule has 1 saturated heterocycles. The third-order valence-corrected chi connectivity index (χ3v) is 3.23. The number of rotatable bonds is 0. The van der Waals surface area contributed by atoms with Gasteiger partial charge in [0, 0.05) is 45.8 Å². The molecule has 1 unspecified atom stereocenters. The van der Waals surface area contributed by atoms with Gasteiger partial charge in [0.15, 0.2) is 0 Å². The van der Waals surface area contributed by atoms with Crippen LogP contribution in [0.3, 0.4) is 0 Å². The van der Waals surface area contributed by atoms with Gasteiger partial charge in [0.05, 0.1) is 0 Å². The van der Waals surface area contributed by atoms with Crippen molar-refractivity contribution >= 4 is 0 Å². The first-order valence-electron chi connectivity index (χ1n) is 6.28. The quantitative estimate of drug-likeness (QED) is 0.646. The summed E-state index contributed by atoms with van der Waals surface area (Å²) in [6.07, 6.45) is -4.18.